The predicted octanol–water partition coefficient (Wildman–Crippen LogP) is 3.48. The van der Waals surface area contributed by atoms with E-state index in [2.05, 4.69) is 5.32 Å². The molecule has 0 bridgehead atoms. The molecule has 2 heterocycles. The van der Waals surface area contributed by atoms with E-state index in [0.717, 1.165) is 11.3 Å². The Morgan fingerprint density at radius 1 is 1.25 bits per heavy atom. The van der Waals surface area contributed by atoms with E-state index in [4.69, 9.17) is 21.6 Å². The van der Waals surface area contributed by atoms with Gasteiger partial charge in [-0.2, -0.15) is 5.26 Å². The Kier molecular flexibility index (Phi) is 6.49. The first kappa shape index (κ1) is 18.1. The summed E-state index contributed by atoms with van der Waals surface area (Å²) in [7, 11) is 0. The average molecular weight is 383 g/mol. The third kappa shape index (κ3) is 5.16. The van der Waals surface area contributed by atoms with Crippen molar-refractivity contribution >= 4 is 56.9 Å². The van der Waals surface area contributed by atoms with Crippen LogP contribution in [0.2, 0.25) is 4.34 Å². The van der Waals surface area contributed by atoms with Gasteiger partial charge in [0.1, 0.15) is 11.1 Å². The maximum absolute atomic E-state index is 11.8. The van der Waals surface area contributed by atoms with Crippen LogP contribution in [0.4, 0.5) is 5.00 Å². The number of anilines is 1. The molecule has 0 spiro atoms. The van der Waals surface area contributed by atoms with Crippen LogP contribution >= 0.6 is 34.3 Å². The van der Waals surface area contributed by atoms with E-state index in [1.165, 1.54) is 11.3 Å². The second-order valence-corrected chi connectivity index (χ2v) is 7.14. The molecular weight excluding hydrogens is 372 g/mol. The Balaban J connectivity index is 1.72. The Hall–Kier alpha value is -2.21. The van der Waals surface area contributed by atoms with Gasteiger partial charge in [-0.15, -0.1) is 22.7 Å². The Bertz CT molecular complexity index is 807. The minimum atomic E-state index is -0.646. The van der Waals surface area contributed by atoms with Crippen molar-refractivity contribution in [2.24, 2.45) is 0 Å². The van der Waals surface area contributed by atoms with Crippen molar-refractivity contribution in [2.75, 3.05) is 11.9 Å². The molecule has 6 nitrogen and oxygen atoms in total. The Morgan fingerprint density at radius 3 is 2.71 bits per heavy atom. The molecule has 0 saturated carbocycles. The number of esters is 1. The molecule has 0 radical (unpaired) electrons. The van der Waals surface area contributed by atoms with Gasteiger partial charge in [-0.1, -0.05) is 11.6 Å². The highest BCUT2D eigenvalue weighted by Gasteiger charge is 2.14. The van der Waals surface area contributed by atoms with Crippen molar-refractivity contribution in [3.05, 3.63) is 38.4 Å². The van der Waals surface area contributed by atoms with Crippen LogP contribution in [-0.4, -0.2) is 24.3 Å². The minimum absolute atomic E-state index is 0.0131. The molecule has 0 fully saturated rings. The van der Waals surface area contributed by atoms with Gasteiger partial charge in [0, 0.05) is 6.42 Å². The van der Waals surface area contributed by atoms with Crippen molar-refractivity contribution in [3.8, 4) is 6.07 Å². The fraction of sp³-hybridized carbons (Fsp3) is 0.200. The fourth-order valence-electron chi connectivity index (χ4n) is 1.68. The minimum Gasteiger partial charge on any atom is -0.456 e. The molecule has 0 aliphatic rings. The number of rotatable bonds is 7. The van der Waals surface area contributed by atoms with E-state index in [1.807, 2.05) is 6.07 Å². The van der Waals surface area contributed by atoms with E-state index in [1.54, 1.807) is 23.6 Å². The van der Waals surface area contributed by atoms with Crippen LogP contribution in [0.25, 0.3) is 0 Å². The Morgan fingerprint density at radius 2 is 2.04 bits per heavy atom. The zero-order chi connectivity index (χ0) is 17.5. The lowest BCUT2D eigenvalue weighted by molar-refractivity contribution is -0.147. The van der Waals surface area contributed by atoms with E-state index >= 15 is 0 Å². The number of nitriles is 1. The second kappa shape index (κ2) is 8.59. The lowest BCUT2D eigenvalue weighted by atomic mass is 10.2. The number of Topliss-reactive ketones (excluding diaryl/α,β-unsaturated/α-hetero) is 1. The van der Waals surface area contributed by atoms with E-state index in [-0.39, 0.29) is 18.6 Å². The van der Waals surface area contributed by atoms with Crippen molar-refractivity contribution in [3.63, 3.8) is 0 Å². The number of nitrogens with one attached hydrogen (secondary N) is 1. The topological polar surface area (TPSA) is 96.3 Å². The van der Waals surface area contributed by atoms with Gasteiger partial charge in [0.05, 0.1) is 21.2 Å². The number of halogens is 1. The van der Waals surface area contributed by atoms with Gasteiger partial charge in [0.25, 0.3) is 5.91 Å². The molecular formula is C15H11ClN2O4S2. The van der Waals surface area contributed by atoms with E-state index < -0.39 is 18.5 Å². The standard InChI is InChI=1S/C15H11ClN2O4S2/c16-12-3-2-11(24-12)10(19)1-4-14(21)22-8-13(20)18-15-9(7-17)5-6-23-15/h2-3,5-6H,1,4,8H2,(H,18,20). The summed E-state index contributed by atoms with van der Waals surface area (Å²) in [6.45, 7) is -0.472. The molecule has 1 amide bonds. The lowest BCUT2D eigenvalue weighted by Gasteiger charge is -2.05. The smallest absolute Gasteiger partial charge is 0.306 e. The fourth-order valence-corrected chi connectivity index (χ4v) is 3.44. The highest BCUT2D eigenvalue weighted by molar-refractivity contribution is 7.18. The van der Waals surface area contributed by atoms with Gasteiger partial charge in [-0.05, 0) is 23.6 Å². The van der Waals surface area contributed by atoms with Gasteiger partial charge in [-0.25, -0.2) is 0 Å². The second-order valence-electron chi connectivity index (χ2n) is 4.51. The molecule has 2 aromatic heterocycles. The zero-order valence-electron chi connectivity index (χ0n) is 12.2. The molecule has 1 N–H and O–H groups in total. The number of hydrogen-bond donors (Lipinski definition) is 1. The third-order valence-corrected chi connectivity index (χ3v) is 4.91. The van der Waals surface area contributed by atoms with Gasteiger partial charge in [-0.3, -0.25) is 14.4 Å². The SMILES string of the molecule is N#Cc1ccsc1NC(=O)COC(=O)CCC(=O)c1ccc(Cl)s1. The summed E-state index contributed by atoms with van der Waals surface area (Å²) >= 11 is 8.09. The zero-order valence-corrected chi connectivity index (χ0v) is 14.6. The first-order chi connectivity index (χ1) is 11.5. The maximum Gasteiger partial charge on any atom is 0.306 e. The third-order valence-electron chi connectivity index (χ3n) is 2.81. The Labute approximate surface area is 150 Å². The molecule has 0 aliphatic heterocycles. The lowest BCUT2D eigenvalue weighted by Crippen LogP contribution is -2.21. The van der Waals surface area contributed by atoms with Crippen molar-refractivity contribution in [2.45, 2.75) is 12.8 Å². The van der Waals surface area contributed by atoms with Crippen molar-refractivity contribution in [1.29, 1.82) is 5.26 Å². The number of ketones is 1. The summed E-state index contributed by atoms with van der Waals surface area (Å²) < 4.78 is 5.32. The monoisotopic (exact) mass is 382 g/mol. The van der Waals surface area contributed by atoms with Crippen LogP contribution in [0.15, 0.2) is 23.6 Å². The molecule has 124 valence electrons. The number of amides is 1. The highest BCUT2D eigenvalue weighted by Crippen LogP contribution is 2.23. The maximum atomic E-state index is 11.8. The normalized spacial score (nSPS) is 10.0. The van der Waals surface area contributed by atoms with Crippen LogP contribution in [0.5, 0.6) is 0 Å². The van der Waals surface area contributed by atoms with Gasteiger partial charge >= 0.3 is 5.97 Å². The number of carbonyl (C=O) groups is 3. The molecule has 0 aromatic carbocycles. The van der Waals surface area contributed by atoms with Crippen LogP contribution in [0.1, 0.15) is 28.1 Å². The molecule has 0 aliphatic carbocycles. The number of carbonyl (C=O) groups excluding carboxylic acids is 3. The van der Waals surface area contributed by atoms with Gasteiger partial charge < -0.3 is 10.1 Å². The van der Waals surface area contributed by atoms with Gasteiger partial charge in [0.15, 0.2) is 12.4 Å². The summed E-state index contributed by atoms with van der Waals surface area (Å²) in [4.78, 5) is 35.6. The highest BCUT2D eigenvalue weighted by atomic mass is 35.5. The number of thiophene rings is 2. The molecule has 0 saturated heterocycles. The molecule has 2 aromatic rings. The van der Waals surface area contributed by atoms with Gasteiger partial charge in [0.2, 0.25) is 0 Å². The summed E-state index contributed by atoms with van der Waals surface area (Å²) in [6.07, 6.45) is -0.134. The first-order valence-electron chi connectivity index (χ1n) is 6.71. The molecule has 2 rings (SSSR count). The van der Waals surface area contributed by atoms with E-state index in [9.17, 15) is 14.4 Å². The predicted molar refractivity (Wildman–Crippen MR) is 91.5 cm³/mol. The van der Waals surface area contributed by atoms with Crippen LogP contribution in [-0.2, 0) is 14.3 Å². The summed E-state index contributed by atoms with van der Waals surface area (Å²) in [5, 5.41) is 13.4. The van der Waals surface area contributed by atoms with E-state index in [0.29, 0.717) is 19.8 Å². The summed E-state index contributed by atoms with van der Waals surface area (Å²) in [5.74, 6) is -1.39. The molecule has 24 heavy (non-hydrogen) atoms. The summed E-state index contributed by atoms with van der Waals surface area (Å²) in [5.41, 5.74) is 0.347. The number of hydrogen-bond acceptors (Lipinski definition) is 7. The van der Waals surface area contributed by atoms with Crippen LogP contribution in [0.3, 0.4) is 0 Å². The average Bonchev–Trinajstić information content (AvgIpc) is 3.19. The van der Waals surface area contributed by atoms with Crippen LogP contribution < -0.4 is 5.32 Å². The molecule has 9 heteroatoms. The van der Waals surface area contributed by atoms with Crippen LogP contribution in [0, 0.1) is 11.3 Å². The quantitative estimate of drug-likeness (QED) is 0.584. The summed E-state index contributed by atoms with van der Waals surface area (Å²) in [6, 6.07) is 6.73. The number of nitrogens with zero attached hydrogens (tertiary/aromatic N) is 1. The largest absolute Gasteiger partial charge is 0.456 e. The van der Waals surface area contributed by atoms with Crippen molar-refractivity contribution < 1.29 is 19.1 Å². The van der Waals surface area contributed by atoms with Crippen molar-refractivity contribution in [1.82, 2.24) is 0 Å². The first-order valence-corrected chi connectivity index (χ1v) is 8.78. The number of ether oxygens (including phenoxy) is 1. The molecule has 0 unspecified atom stereocenters. The molecule has 0 atom stereocenters.